The summed E-state index contributed by atoms with van der Waals surface area (Å²) >= 11 is 0. The van der Waals surface area contributed by atoms with Crippen molar-refractivity contribution in [1.82, 2.24) is 4.57 Å². The summed E-state index contributed by atoms with van der Waals surface area (Å²) in [5.74, 6) is 0.817. The molecule has 0 spiro atoms. The molecular weight excluding hydrogens is 228 g/mol. The highest BCUT2D eigenvalue weighted by atomic mass is 16.5. The number of ether oxygens (including phenoxy) is 1. The number of rotatable bonds is 4. The lowest BCUT2D eigenvalue weighted by molar-refractivity contribution is 0.0914. The summed E-state index contributed by atoms with van der Waals surface area (Å²) in [5.41, 5.74) is 7.43. The van der Waals surface area contributed by atoms with Crippen molar-refractivity contribution in [3.63, 3.8) is 0 Å². The fourth-order valence-corrected chi connectivity index (χ4v) is 1.73. The predicted octanol–water partition coefficient (Wildman–Crippen LogP) is 1.84. The number of carbonyl (C=O) groups excluding carboxylic acids is 1. The zero-order valence-corrected chi connectivity index (χ0v) is 10.3. The number of nitrogens with zero attached hydrogens (tertiary/aromatic N) is 1. The van der Waals surface area contributed by atoms with E-state index in [2.05, 4.69) is 0 Å². The lowest BCUT2D eigenvalue weighted by atomic mass is 10.1. The summed E-state index contributed by atoms with van der Waals surface area (Å²) in [6.07, 6.45) is 3.88. The Hall–Kier alpha value is -2.07. The fraction of sp³-hybridized carbons (Fsp3) is 0.214. The minimum absolute atomic E-state index is 0.0277. The van der Waals surface area contributed by atoms with E-state index in [0.29, 0.717) is 13.0 Å². The molecule has 4 nitrogen and oxygen atoms in total. The van der Waals surface area contributed by atoms with Gasteiger partial charge in [-0.05, 0) is 29.3 Å². The van der Waals surface area contributed by atoms with Gasteiger partial charge in [0.1, 0.15) is 5.75 Å². The van der Waals surface area contributed by atoms with E-state index < -0.39 is 0 Å². The van der Waals surface area contributed by atoms with Gasteiger partial charge < -0.3 is 10.5 Å². The summed E-state index contributed by atoms with van der Waals surface area (Å²) in [4.78, 5) is 12.0. The third-order valence-corrected chi connectivity index (χ3v) is 2.79. The molecule has 1 heterocycles. The van der Waals surface area contributed by atoms with Crippen LogP contribution in [0.15, 0.2) is 42.7 Å². The Kier molecular flexibility index (Phi) is 3.79. The van der Waals surface area contributed by atoms with Gasteiger partial charge in [0.2, 0.25) is 5.91 Å². The van der Waals surface area contributed by atoms with Gasteiger partial charge in [-0.1, -0.05) is 12.1 Å². The monoisotopic (exact) mass is 244 g/mol. The first-order valence-corrected chi connectivity index (χ1v) is 5.76. The molecule has 0 aliphatic heterocycles. The molecule has 0 bridgehead atoms. The van der Waals surface area contributed by atoms with Gasteiger partial charge in [0.25, 0.3) is 0 Å². The molecule has 2 aromatic rings. The molecule has 18 heavy (non-hydrogen) atoms. The van der Waals surface area contributed by atoms with Crippen molar-refractivity contribution >= 4 is 5.91 Å². The van der Waals surface area contributed by atoms with Crippen LogP contribution < -0.4 is 10.5 Å². The van der Waals surface area contributed by atoms with Crippen LogP contribution in [0.3, 0.4) is 0 Å². The standard InChI is InChI=1S/C14H16N2O2/c1-18-13-4-2-11(3-5-13)8-14(17)16-7-6-12(9-15)10-16/h2-7,10H,8-9,15H2,1H3. The second-order valence-corrected chi connectivity index (χ2v) is 4.05. The molecule has 0 aliphatic carbocycles. The van der Waals surface area contributed by atoms with E-state index in [0.717, 1.165) is 16.9 Å². The maximum absolute atomic E-state index is 12.0. The number of hydrogen-bond acceptors (Lipinski definition) is 3. The van der Waals surface area contributed by atoms with Crippen LogP contribution in [-0.4, -0.2) is 17.6 Å². The van der Waals surface area contributed by atoms with Gasteiger partial charge >= 0.3 is 0 Å². The molecule has 94 valence electrons. The summed E-state index contributed by atoms with van der Waals surface area (Å²) in [6.45, 7) is 0.447. The summed E-state index contributed by atoms with van der Waals surface area (Å²) in [5, 5.41) is 0. The Morgan fingerprint density at radius 1 is 1.22 bits per heavy atom. The van der Waals surface area contributed by atoms with Crippen LogP contribution in [0.25, 0.3) is 0 Å². The third-order valence-electron chi connectivity index (χ3n) is 2.79. The van der Waals surface area contributed by atoms with Gasteiger partial charge in [0, 0.05) is 18.9 Å². The topological polar surface area (TPSA) is 57.2 Å². The van der Waals surface area contributed by atoms with Crippen molar-refractivity contribution in [1.29, 1.82) is 0 Å². The molecule has 0 amide bonds. The number of aromatic nitrogens is 1. The average molecular weight is 244 g/mol. The SMILES string of the molecule is COc1ccc(CC(=O)n2ccc(CN)c2)cc1. The average Bonchev–Trinajstić information content (AvgIpc) is 2.88. The number of hydrogen-bond donors (Lipinski definition) is 1. The van der Waals surface area contributed by atoms with Crippen molar-refractivity contribution in [3.8, 4) is 5.75 Å². The molecular formula is C14H16N2O2. The van der Waals surface area contributed by atoms with Crippen molar-refractivity contribution in [2.24, 2.45) is 5.73 Å². The molecule has 0 saturated carbocycles. The van der Waals surface area contributed by atoms with Crippen LogP contribution >= 0.6 is 0 Å². The first-order valence-electron chi connectivity index (χ1n) is 5.76. The van der Waals surface area contributed by atoms with Crippen molar-refractivity contribution in [3.05, 3.63) is 53.9 Å². The molecule has 2 rings (SSSR count). The van der Waals surface area contributed by atoms with Gasteiger partial charge in [-0.15, -0.1) is 0 Å². The van der Waals surface area contributed by atoms with Gasteiger partial charge in [-0.3, -0.25) is 9.36 Å². The smallest absolute Gasteiger partial charge is 0.234 e. The summed E-state index contributed by atoms with van der Waals surface area (Å²) in [6, 6.07) is 9.34. The van der Waals surface area contributed by atoms with E-state index in [9.17, 15) is 4.79 Å². The van der Waals surface area contributed by atoms with Crippen LogP contribution in [0.5, 0.6) is 5.75 Å². The van der Waals surface area contributed by atoms with Gasteiger partial charge in [-0.25, -0.2) is 0 Å². The van der Waals surface area contributed by atoms with Crippen LogP contribution in [0.1, 0.15) is 15.9 Å². The van der Waals surface area contributed by atoms with E-state index in [1.807, 2.05) is 30.3 Å². The second kappa shape index (κ2) is 5.51. The van der Waals surface area contributed by atoms with Crippen molar-refractivity contribution in [2.45, 2.75) is 13.0 Å². The van der Waals surface area contributed by atoms with Crippen molar-refractivity contribution in [2.75, 3.05) is 7.11 Å². The van der Waals surface area contributed by atoms with Crippen molar-refractivity contribution < 1.29 is 9.53 Å². The lowest BCUT2D eigenvalue weighted by Crippen LogP contribution is -2.11. The van der Waals surface area contributed by atoms with E-state index in [-0.39, 0.29) is 5.91 Å². The quantitative estimate of drug-likeness (QED) is 0.892. The third kappa shape index (κ3) is 2.78. The molecule has 0 saturated heterocycles. The number of methoxy groups -OCH3 is 1. The Morgan fingerprint density at radius 2 is 1.94 bits per heavy atom. The minimum Gasteiger partial charge on any atom is -0.497 e. The van der Waals surface area contributed by atoms with Gasteiger partial charge in [0.15, 0.2) is 0 Å². The van der Waals surface area contributed by atoms with E-state index >= 15 is 0 Å². The molecule has 0 aliphatic rings. The Bertz CT molecular complexity index is 529. The summed E-state index contributed by atoms with van der Waals surface area (Å²) < 4.78 is 6.65. The lowest BCUT2D eigenvalue weighted by Gasteiger charge is -2.04. The maximum Gasteiger partial charge on any atom is 0.234 e. The normalized spacial score (nSPS) is 10.3. The van der Waals surface area contributed by atoms with Gasteiger partial charge in [0.05, 0.1) is 13.5 Å². The Balaban J connectivity index is 2.06. The molecule has 0 fully saturated rings. The van der Waals surface area contributed by atoms with Crippen LogP contribution in [0.4, 0.5) is 0 Å². The molecule has 4 heteroatoms. The van der Waals surface area contributed by atoms with Gasteiger partial charge in [-0.2, -0.15) is 0 Å². The zero-order valence-electron chi connectivity index (χ0n) is 10.3. The number of carbonyl (C=O) groups is 1. The molecule has 2 N–H and O–H groups in total. The van der Waals surface area contributed by atoms with E-state index in [1.54, 1.807) is 24.1 Å². The Labute approximate surface area is 106 Å². The number of nitrogens with two attached hydrogens (primary N) is 1. The molecule has 1 aromatic heterocycles. The van der Waals surface area contributed by atoms with Crippen LogP contribution in [0, 0.1) is 0 Å². The Morgan fingerprint density at radius 3 is 2.50 bits per heavy atom. The van der Waals surface area contributed by atoms with Crippen LogP contribution in [-0.2, 0) is 13.0 Å². The zero-order chi connectivity index (χ0) is 13.0. The largest absolute Gasteiger partial charge is 0.497 e. The van der Waals surface area contributed by atoms with E-state index in [4.69, 9.17) is 10.5 Å². The highest BCUT2D eigenvalue weighted by molar-refractivity contribution is 5.81. The maximum atomic E-state index is 12.0. The van der Waals surface area contributed by atoms with Crippen LogP contribution in [0.2, 0.25) is 0 Å². The molecule has 1 aromatic carbocycles. The molecule has 0 radical (unpaired) electrons. The highest BCUT2D eigenvalue weighted by Gasteiger charge is 2.06. The minimum atomic E-state index is 0.0277. The number of benzene rings is 1. The fourth-order valence-electron chi connectivity index (χ4n) is 1.73. The summed E-state index contributed by atoms with van der Waals surface area (Å²) in [7, 11) is 1.62. The molecule has 0 atom stereocenters. The van der Waals surface area contributed by atoms with E-state index in [1.165, 1.54) is 0 Å². The second-order valence-electron chi connectivity index (χ2n) is 4.05. The molecule has 0 unspecified atom stereocenters. The predicted molar refractivity (Wildman–Crippen MR) is 69.6 cm³/mol. The first kappa shape index (κ1) is 12.4. The first-order chi connectivity index (χ1) is 8.72. The highest BCUT2D eigenvalue weighted by Crippen LogP contribution is 2.12.